The van der Waals surface area contributed by atoms with E-state index in [0.717, 1.165) is 11.1 Å². The molecular formula is C20H23ClO5S. The summed E-state index contributed by atoms with van der Waals surface area (Å²) >= 11 is 8.03. The van der Waals surface area contributed by atoms with E-state index in [2.05, 4.69) is 12.1 Å². The summed E-state index contributed by atoms with van der Waals surface area (Å²) in [6, 6.07) is 13.5. The maximum Gasteiger partial charge on any atom is 0.113 e. The van der Waals surface area contributed by atoms with Crippen LogP contribution in [0.1, 0.15) is 22.8 Å². The number of rotatable bonds is 5. The highest BCUT2D eigenvalue weighted by atomic mass is 35.5. The lowest BCUT2D eigenvalue weighted by Crippen LogP contribution is -2.55. The average molecular weight is 411 g/mol. The van der Waals surface area contributed by atoms with Crippen LogP contribution < -0.4 is 0 Å². The van der Waals surface area contributed by atoms with Gasteiger partial charge < -0.3 is 25.2 Å². The quantitative estimate of drug-likeness (QED) is 0.565. The van der Waals surface area contributed by atoms with Gasteiger partial charge in [0.15, 0.2) is 0 Å². The molecule has 0 aromatic heterocycles. The van der Waals surface area contributed by atoms with Crippen LogP contribution in [0.2, 0.25) is 5.02 Å². The van der Waals surface area contributed by atoms with Crippen molar-refractivity contribution in [2.45, 2.75) is 41.8 Å². The molecule has 4 N–H and O–H groups in total. The van der Waals surface area contributed by atoms with Crippen LogP contribution in [0.5, 0.6) is 0 Å². The second-order valence-corrected chi connectivity index (χ2v) is 7.91. The third-order valence-electron chi connectivity index (χ3n) is 4.84. The molecule has 0 aliphatic carbocycles. The van der Waals surface area contributed by atoms with E-state index in [1.54, 1.807) is 23.9 Å². The molecule has 2 aromatic rings. The minimum absolute atomic E-state index is 0.455. The Morgan fingerprint density at radius 3 is 2.33 bits per heavy atom. The van der Waals surface area contributed by atoms with Gasteiger partial charge in [0.1, 0.15) is 30.5 Å². The van der Waals surface area contributed by atoms with Crippen molar-refractivity contribution < 1.29 is 25.2 Å². The number of aliphatic hydroxyl groups is 4. The number of hydrogen-bond donors (Lipinski definition) is 4. The van der Waals surface area contributed by atoms with Crippen LogP contribution in [-0.4, -0.2) is 57.7 Å². The molecule has 146 valence electrons. The summed E-state index contributed by atoms with van der Waals surface area (Å²) in [5.74, 6) is 0. The summed E-state index contributed by atoms with van der Waals surface area (Å²) in [6.45, 7) is -0.455. The molecule has 1 saturated heterocycles. The second-order valence-electron chi connectivity index (χ2n) is 6.63. The molecule has 27 heavy (non-hydrogen) atoms. The molecule has 5 atom stereocenters. The van der Waals surface area contributed by atoms with Crippen molar-refractivity contribution in [1.29, 1.82) is 0 Å². The third kappa shape index (κ3) is 4.49. The lowest BCUT2D eigenvalue weighted by Gasteiger charge is -2.40. The zero-order valence-corrected chi connectivity index (χ0v) is 16.4. The minimum atomic E-state index is -1.40. The number of benzene rings is 2. The third-order valence-corrected chi connectivity index (χ3v) is 5.96. The van der Waals surface area contributed by atoms with Gasteiger partial charge in [-0.2, -0.15) is 0 Å². The molecule has 0 saturated carbocycles. The summed E-state index contributed by atoms with van der Waals surface area (Å²) in [4.78, 5) is 1.18. The van der Waals surface area contributed by atoms with E-state index in [4.69, 9.17) is 16.3 Å². The van der Waals surface area contributed by atoms with E-state index >= 15 is 0 Å². The fourth-order valence-electron chi connectivity index (χ4n) is 3.25. The van der Waals surface area contributed by atoms with Crippen molar-refractivity contribution in [3.63, 3.8) is 0 Å². The zero-order chi connectivity index (χ0) is 19.6. The molecule has 2 aromatic carbocycles. The Kier molecular flexibility index (Phi) is 6.81. The van der Waals surface area contributed by atoms with E-state index in [1.807, 2.05) is 24.5 Å². The molecular weight excluding hydrogens is 388 g/mol. The van der Waals surface area contributed by atoms with Gasteiger partial charge in [-0.3, -0.25) is 0 Å². The van der Waals surface area contributed by atoms with Gasteiger partial charge >= 0.3 is 0 Å². The molecule has 1 fully saturated rings. The smallest absolute Gasteiger partial charge is 0.113 e. The first-order chi connectivity index (χ1) is 12.9. The first-order valence-corrected chi connectivity index (χ1v) is 10.3. The summed E-state index contributed by atoms with van der Waals surface area (Å²) in [5.41, 5.74) is 2.59. The summed E-state index contributed by atoms with van der Waals surface area (Å²) in [5, 5.41) is 40.3. The standard InChI is InChI=1S/C20H23ClO5S/c1-27-14-5-2-11(3-6-14)8-13-9-12(4-7-15(13)21)20-19(25)18(24)17(23)16(10-22)26-20/h2-7,9,16-20,22-25H,8,10H2,1H3. The topological polar surface area (TPSA) is 90.2 Å². The highest BCUT2D eigenvalue weighted by molar-refractivity contribution is 7.98. The van der Waals surface area contributed by atoms with Crippen LogP contribution >= 0.6 is 23.4 Å². The SMILES string of the molecule is CSc1ccc(Cc2cc(C3OC(CO)C(O)C(O)C3O)ccc2Cl)cc1. The van der Waals surface area contributed by atoms with Crippen LogP contribution in [-0.2, 0) is 11.2 Å². The van der Waals surface area contributed by atoms with Crippen LogP contribution in [0, 0.1) is 0 Å². The first-order valence-electron chi connectivity index (χ1n) is 8.66. The van der Waals surface area contributed by atoms with Gasteiger partial charge in [0.2, 0.25) is 0 Å². The van der Waals surface area contributed by atoms with Crippen molar-refractivity contribution in [3.05, 3.63) is 64.2 Å². The predicted octanol–water partition coefficient (Wildman–Crippen LogP) is 2.17. The van der Waals surface area contributed by atoms with Crippen LogP contribution in [0.3, 0.4) is 0 Å². The summed E-state index contributed by atoms with van der Waals surface area (Å²) < 4.78 is 5.64. The number of hydrogen-bond acceptors (Lipinski definition) is 6. The Bertz CT molecular complexity index is 767. The first kappa shape index (κ1) is 20.6. The fourth-order valence-corrected chi connectivity index (χ4v) is 3.84. The summed E-state index contributed by atoms with van der Waals surface area (Å²) in [7, 11) is 0. The molecule has 1 heterocycles. The fraction of sp³-hybridized carbons (Fsp3) is 0.400. The lowest BCUT2D eigenvalue weighted by molar-refractivity contribution is -0.231. The Hall–Kier alpha value is -1.12. The molecule has 1 aliphatic heterocycles. The maximum absolute atomic E-state index is 10.3. The number of thioether (sulfide) groups is 1. The molecule has 5 nitrogen and oxygen atoms in total. The van der Waals surface area contributed by atoms with Gasteiger partial charge in [-0.15, -0.1) is 11.8 Å². The van der Waals surface area contributed by atoms with Gasteiger partial charge in [0.05, 0.1) is 6.61 Å². The molecule has 7 heteroatoms. The van der Waals surface area contributed by atoms with Crippen LogP contribution in [0.25, 0.3) is 0 Å². The van der Waals surface area contributed by atoms with E-state index in [0.29, 0.717) is 17.0 Å². The van der Waals surface area contributed by atoms with Gasteiger partial charge in [-0.25, -0.2) is 0 Å². The molecule has 0 bridgehead atoms. The van der Waals surface area contributed by atoms with Crippen molar-refractivity contribution >= 4 is 23.4 Å². The van der Waals surface area contributed by atoms with Crippen LogP contribution in [0.4, 0.5) is 0 Å². The second kappa shape index (κ2) is 8.92. The highest BCUT2D eigenvalue weighted by Crippen LogP contribution is 2.34. The molecule has 0 amide bonds. The minimum Gasteiger partial charge on any atom is -0.394 e. The summed E-state index contributed by atoms with van der Waals surface area (Å²) in [6.07, 6.45) is -3.25. The Morgan fingerprint density at radius 1 is 1.00 bits per heavy atom. The molecule has 0 spiro atoms. The van der Waals surface area contributed by atoms with Gasteiger partial charge in [0, 0.05) is 9.92 Å². The number of ether oxygens (including phenoxy) is 1. The zero-order valence-electron chi connectivity index (χ0n) is 14.8. The number of halogens is 1. The average Bonchev–Trinajstić information content (AvgIpc) is 2.69. The van der Waals surface area contributed by atoms with E-state index in [1.165, 1.54) is 4.90 Å². The van der Waals surface area contributed by atoms with Gasteiger partial charge in [0.25, 0.3) is 0 Å². The van der Waals surface area contributed by atoms with E-state index < -0.39 is 37.1 Å². The molecule has 3 rings (SSSR count). The number of aliphatic hydroxyl groups excluding tert-OH is 4. The van der Waals surface area contributed by atoms with E-state index in [-0.39, 0.29) is 0 Å². The van der Waals surface area contributed by atoms with Crippen molar-refractivity contribution in [3.8, 4) is 0 Å². The van der Waals surface area contributed by atoms with Gasteiger partial charge in [-0.05, 0) is 47.6 Å². The predicted molar refractivity (Wildman–Crippen MR) is 105 cm³/mol. The van der Waals surface area contributed by atoms with Crippen molar-refractivity contribution in [1.82, 2.24) is 0 Å². The monoisotopic (exact) mass is 410 g/mol. The van der Waals surface area contributed by atoms with Gasteiger partial charge in [-0.1, -0.05) is 35.9 Å². The molecule has 1 aliphatic rings. The lowest BCUT2D eigenvalue weighted by atomic mass is 9.90. The normalized spacial score (nSPS) is 28.3. The molecule has 5 unspecified atom stereocenters. The maximum atomic E-state index is 10.3. The van der Waals surface area contributed by atoms with Crippen molar-refractivity contribution in [2.24, 2.45) is 0 Å². The Labute approximate surface area is 167 Å². The van der Waals surface area contributed by atoms with Crippen molar-refractivity contribution in [2.75, 3.05) is 12.9 Å². The molecule has 0 radical (unpaired) electrons. The Morgan fingerprint density at radius 2 is 1.70 bits per heavy atom. The highest BCUT2D eigenvalue weighted by Gasteiger charge is 2.43. The largest absolute Gasteiger partial charge is 0.394 e. The van der Waals surface area contributed by atoms with Crippen LogP contribution in [0.15, 0.2) is 47.4 Å². The Balaban J connectivity index is 1.85. The van der Waals surface area contributed by atoms with E-state index in [9.17, 15) is 20.4 Å².